The lowest BCUT2D eigenvalue weighted by Gasteiger charge is -2.18. The molecule has 0 spiro atoms. The molecule has 6 heteroatoms. The maximum atomic E-state index is 12.6. The lowest BCUT2D eigenvalue weighted by Crippen LogP contribution is -2.32. The highest BCUT2D eigenvalue weighted by atomic mass is 35.5. The van der Waals surface area contributed by atoms with E-state index in [0.29, 0.717) is 22.3 Å². The molecule has 0 aliphatic heterocycles. The molecule has 1 heterocycles. The second kappa shape index (κ2) is 7.92. The first-order chi connectivity index (χ1) is 12.8. The molecule has 140 valence electrons. The van der Waals surface area contributed by atoms with Crippen LogP contribution in [0.2, 0.25) is 5.02 Å². The van der Waals surface area contributed by atoms with Crippen molar-refractivity contribution in [2.24, 2.45) is 5.92 Å². The molecular formula is C21H22ClN3O2. The summed E-state index contributed by atoms with van der Waals surface area (Å²) in [5.41, 5.74) is 3.45. The fraction of sp³-hybridized carbons (Fsp3) is 0.286. The van der Waals surface area contributed by atoms with E-state index in [9.17, 15) is 4.79 Å². The Labute approximate surface area is 163 Å². The van der Waals surface area contributed by atoms with Gasteiger partial charge in [0.25, 0.3) is 5.91 Å². The molecule has 1 amide bonds. The summed E-state index contributed by atoms with van der Waals surface area (Å²) in [4.78, 5) is 17.1. The van der Waals surface area contributed by atoms with Crippen molar-refractivity contribution in [3.8, 4) is 11.4 Å². The Kier molecular flexibility index (Phi) is 5.61. The van der Waals surface area contributed by atoms with Crippen LogP contribution in [0, 0.1) is 19.8 Å². The van der Waals surface area contributed by atoms with Gasteiger partial charge >= 0.3 is 0 Å². The van der Waals surface area contributed by atoms with Crippen LogP contribution in [0.1, 0.15) is 47.3 Å². The quantitative estimate of drug-likeness (QED) is 0.662. The van der Waals surface area contributed by atoms with Gasteiger partial charge in [-0.15, -0.1) is 0 Å². The summed E-state index contributed by atoms with van der Waals surface area (Å²) in [5, 5.41) is 7.69. The zero-order valence-electron chi connectivity index (χ0n) is 15.8. The summed E-state index contributed by atoms with van der Waals surface area (Å²) < 4.78 is 5.45. The molecule has 0 radical (unpaired) electrons. The molecule has 0 aliphatic rings. The van der Waals surface area contributed by atoms with Gasteiger partial charge in [-0.2, -0.15) is 4.98 Å². The summed E-state index contributed by atoms with van der Waals surface area (Å²) in [6.45, 7) is 7.90. The van der Waals surface area contributed by atoms with E-state index < -0.39 is 0 Å². The second-order valence-electron chi connectivity index (χ2n) is 6.98. The van der Waals surface area contributed by atoms with Gasteiger partial charge in [-0.25, -0.2) is 0 Å². The topological polar surface area (TPSA) is 68.0 Å². The molecule has 3 aromatic rings. The standard InChI is InChI=1S/C21H22ClN3O2/c1-12(2)18(23-20(26)15-8-5-13(3)6-9-15)21-24-19(25-27-21)16-10-7-14(4)17(22)11-16/h5-12,18H,1-4H3,(H,23,26). The molecule has 27 heavy (non-hydrogen) atoms. The van der Waals surface area contributed by atoms with Gasteiger partial charge < -0.3 is 9.84 Å². The van der Waals surface area contributed by atoms with Gasteiger partial charge in [-0.05, 0) is 43.5 Å². The number of carbonyl (C=O) groups is 1. The Morgan fingerprint density at radius 3 is 2.44 bits per heavy atom. The van der Waals surface area contributed by atoms with Gasteiger partial charge in [0.2, 0.25) is 11.7 Å². The number of nitrogens with one attached hydrogen (secondary N) is 1. The van der Waals surface area contributed by atoms with Crippen LogP contribution in [0.3, 0.4) is 0 Å². The summed E-state index contributed by atoms with van der Waals surface area (Å²) in [7, 11) is 0. The maximum Gasteiger partial charge on any atom is 0.251 e. The Morgan fingerprint density at radius 1 is 1.11 bits per heavy atom. The number of benzene rings is 2. The molecule has 1 N–H and O–H groups in total. The van der Waals surface area contributed by atoms with Gasteiger partial charge in [-0.3, -0.25) is 4.79 Å². The second-order valence-corrected chi connectivity index (χ2v) is 7.39. The predicted octanol–water partition coefficient (Wildman–Crippen LogP) is 5.13. The van der Waals surface area contributed by atoms with Crippen LogP contribution >= 0.6 is 11.6 Å². The van der Waals surface area contributed by atoms with E-state index in [-0.39, 0.29) is 17.9 Å². The van der Waals surface area contributed by atoms with Crippen LogP contribution in [0.5, 0.6) is 0 Å². The van der Waals surface area contributed by atoms with E-state index in [1.54, 1.807) is 18.2 Å². The molecule has 5 nitrogen and oxygen atoms in total. The first kappa shape index (κ1) is 19.1. The zero-order valence-corrected chi connectivity index (χ0v) is 16.5. The first-order valence-electron chi connectivity index (χ1n) is 8.83. The van der Waals surface area contributed by atoms with Crippen LogP contribution in [-0.4, -0.2) is 16.0 Å². The highest BCUT2D eigenvalue weighted by Gasteiger charge is 2.25. The van der Waals surface area contributed by atoms with E-state index in [0.717, 1.165) is 16.7 Å². The molecule has 0 bridgehead atoms. The number of aryl methyl sites for hydroxylation is 2. The van der Waals surface area contributed by atoms with Crippen molar-refractivity contribution in [1.82, 2.24) is 15.5 Å². The molecule has 0 fully saturated rings. The van der Waals surface area contributed by atoms with Gasteiger partial charge in [0.15, 0.2) is 0 Å². The van der Waals surface area contributed by atoms with Gasteiger partial charge in [-0.1, -0.05) is 60.4 Å². The van der Waals surface area contributed by atoms with Crippen LogP contribution in [0.25, 0.3) is 11.4 Å². The number of carbonyl (C=O) groups excluding carboxylic acids is 1. The lowest BCUT2D eigenvalue weighted by molar-refractivity contribution is 0.0914. The minimum atomic E-state index is -0.388. The number of amides is 1. The summed E-state index contributed by atoms with van der Waals surface area (Å²) >= 11 is 6.19. The smallest absolute Gasteiger partial charge is 0.251 e. The van der Waals surface area contributed by atoms with Crippen LogP contribution < -0.4 is 5.32 Å². The van der Waals surface area contributed by atoms with Crippen LogP contribution in [-0.2, 0) is 0 Å². The number of rotatable bonds is 5. The van der Waals surface area contributed by atoms with Crippen molar-refractivity contribution in [2.45, 2.75) is 33.7 Å². The van der Waals surface area contributed by atoms with Crippen LogP contribution in [0.4, 0.5) is 0 Å². The third-order valence-electron chi connectivity index (χ3n) is 4.40. The van der Waals surface area contributed by atoms with E-state index in [1.165, 1.54) is 0 Å². The molecule has 1 unspecified atom stereocenters. The largest absolute Gasteiger partial charge is 0.340 e. The monoisotopic (exact) mass is 383 g/mol. The molecular weight excluding hydrogens is 362 g/mol. The minimum absolute atomic E-state index is 0.0781. The van der Waals surface area contributed by atoms with Crippen LogP contribution in [0.15, 0.2) is 47.0 Å². The van der Waals surface area contributed by atoms with E-state index in [4.69, 9.17) is 16.1 Å². The Bertz CT molecular complexity index is 948. The number of nitrogens with zero attached hydrogens (tertiary/aromatic N) is 2. The Balaban J connectivity index is 1.83. The van der Waals surface area contributed by atoms with Crippen molar-refractivity contribution in [1.29, 1.82) is 0 Å². The number of aromatic nitrogens is 2. The average Bonchev–Trinajstić information content (AvgIpc) is 3.11. The van der Waals surface area contributed by atoms with E-state index in [2.05, 4.69) is 15.5 Å². The summed E-state index contributed by atoms with van der Waals surface area (Å²) in [6.07, 6.45) is 0. The van der Waals surface area contributed by atoms with Crippen molar-refractivity contribution >= 4 is 17.5 Å². The van der Waals surface area contributed by atoms with Gasteiger partial charge in [0, 0.05) is 16.1 Å². The third-order valence-corrected chi connectivity index (χ3v) is 4.81. The molecule has 0 aliphatic carbocycles. The fourth-order valence-corrected chi connectivity index (χ4v) is 2.83. The highest BCUT2D eigenvalue weighted by Crippen LogP contribution is 2.26. The van der Waals surface area contributed by atoms with E-state index in [1.807, 2.05) is 52.0 Å². The summed E-state index contributed by atoms with van der Waals surface area (Å²) in [5.74, 6) is 0.723. The fourth-order valence-electron chi connectivity index (χ4n) is 2.65. The van der Waals surface area contributed by atoms with Crippen molar-refractivity contribution in [3.05, 3.63) is 70.1 Å². The van der Waals surface area contributed by atoms with Crippen molar-refractivity contribution < 1.29 is 9.32 Å². The Morgan fingerprint density at radius 2 is 1.81 bits per heavy atom. The first-order valence-corrected chi connectivity index (χ1v) is 9.20. The maximum absolute atomic E-state index is 12.6. The number of halogens is 1. The minimum Gasteiger partial charge on any atom is -0.340 e. The molecule has 0 saturated heterocycles. The molecule has 1 atom stereocenters. The molecule has 1 aromatic heterocycles. The number of hydrogen-bond acceptors (Lipinski definition) is 4. The zero-order chi connectivity index (χ0) is 19.6. The molecule has 3 rings (SSSR count). The van der Waals surface area contributed by atoms with E-state index >= 15 is 0 Å². The number of hydrogen-bond donors (Lipinski definition) is 1. The summed E-state index contributed by atoms with van der Waals surface area (Å²) in [6, 6.07) is 12.6. The van der Waals surface area contributed by atoms with Crippen molar-refractivity contribution in [3.63, 3.8) is 0 Å². The lowest BCUT2D eigenvalue weighted by atomic mass is 10.0. The normalized spacial score (nSPS) is 12.2. The molecule has 2 aromatic carbocycles. The predicted molar refractivity (Wildman–Crippen MR) is 106 cm³/mol. The van der Waals surface area contributed by atoms with Gasteiger partial charge in [0.1, 0.15) is 6.04 Å². The van der Waals surface area contributed by atoms with Crippen molar-refractivity contribution in [2.75, 3.05) is 0 Å². The molecule has 0 saturated carbocycles. The SMILES string of the molecule is Cc1ccc(C(=O)NC(c2nc(-c3ccc(C)c(Cl)c3)no2)C(C)C)cc1. The average molecular weight is 384 g/mol. The highest BCUT2D eigenvalue weighted by molar-refractivity contribution is 6.31. The Hall–Kier alpha value is -2.66. The third kappa shape index (κ3) is 4.37. The van der Waals surface area contributed by atoms with Gasteiger partial charge in [0.05, 0.1) is 0 Å².